The summed E-state index contributed by atoms with van der Waals surface area (Å²) in [5, 5.41) is 43.9. The van der Waals surface area contributed by atoms with Crippen LogP contribution in [0.25, 0.3) is 0 Å². The molecule has 18 heteroatoms. The van der Waals surface area contributed by atoms with Gasteiger partial charge in [0.1, 0.15) is 11.6 Å². The van der Waals surface area contributed by atoms with Crippen molar-refractivity contribution in [3.63, 3.8) is 0 Å². The molecule has 0 amide bonds. The average Bonchev–Trinajstić information content (AvgIpc) is 3.76. The molecule has 2 saturated carbocycles. The first-order valence-corrected chi connectivity index (χ1v) is 21.8. The van der Waals surface area contributed by atoms with Gasteiger partial charge in [0.15, 0.2) is 0 Å². The third-order valence-corrected chi connectivity index (χ3v) is 10.1. The van der Waals surface area contributed by atoms with Crippen LogP contribution in [0.1, 0.15) is 117 Å². The Hall–Kier alpha value is -2.15. The van der Waals surface area contributed by atoms with Gasteiger partial charge in [0.25, 0.3) is 0 Å². The predicted molar refractivity (Wildman–Crippen MR) is 250 cm³/mol. The van der Waals surface area contributed by atoms with Crippen LogP contribution in [0, 0.1) is 23.7 Å². The van der Waals surface area contributed by atoms with Crippen LogP contribution in [0.2, 0.25) is 0 Å². The maximum absolute atomic E-state index is 12.4. The van der Waals surface area contributed by atoms with E-state index in [1.165, 1.54) is 14.2 Å². The van der Waals surface area contributed by atoms with Crippen molar-refractivity contribution in [2.24, 2.45) is 23.7 Å². The zero-order valence-electron chi connectivity index (χ0n) is 41.7. The molecule has 2 rings (SSSR count). The Morgan fingerprint density at radius 3 is 1.62 bits per heavy atom. The number of ether oxygens (including phenoxy) is 2. The number of hydrogen-bond donors (Lipinski definition) is 6. The summed E-state index contributed by atoms with van der Waals surface area (Å²) in [6.45, 7) is 6.32. The summed E-state index contributed by atoms with van der Waals surface area (Å²) < 4.78 is 48.5. The second-order valence-corrected chi connectivity index (χ2v) is 14.3. The minimum Gasteiger partial charge on any atom is -0.469 e. The first-order valence-electron chi connectivity index (χ1n) is 23.3. The zero-order valence-corrected chi connectivity index (χ0v) is 38.1. The van der Waals surface area contributed by atoms with Gasteiger partial charge >= 0.3 is 72.2 Å². The summed E-state index contributed by atoms with van der Waals surface area (Å²) in [5.74, 6) is -1.52. The van der Waals surface area contributed by atoms with E-state index >= 15 is 0 Å². The van der Waals surface area contributed by atoms with E-state index in [0.29, 0.717) is 77.0 Å². The van der Waals surface area contributed by atoms with Crippen LogP contribution in [0.5, 0.6) is 0 Å². The molecule has 2 fully saturated rings. The summed E-state index contributed by atoms with van der Waals surface area (Å²) in [5.41, 5.74) is 0. The standard InChI is InChI=1S/2C21H34O6.3BHS/c2*1-3-15(22)10-11-16(23)12-13-18-17(19(24)14-20(18)25)8-6-4-5-7-9-21(26)27-2;3*1-2/h2*4,6,12-13,15-18,20,22-23,25H,3,5,7-11,14H2,1-2H3;3*1H/b2*6-4-,13-12+;;;/t2*15?,16?,17?,18?,20-;;;/m00.../s1/i22T,23T,25T;;3*1D. The number of rotatable bonds is 27. The summed E-state index contributed by atoms with van der Waals surface area (Å²) in [4.78, 5) is 46.7. The van der Waals surface area contributed by atoms with Crippen molar-refractivity contribution in [1.82, 2.24) is 0 Å². The molecule has 8 unspecified atom stereocenters. The van der Waals surface area contributed by atoms with E-state index in [4.69, 9.17) is 18.5 Å². The van der Waals surface area contributed by atoms with E-state index in [0.717, 1.165) is 32.9 Å². The third kappa shape index (κ3) is 29.2. The first kappa shape index (κ1) is 50.5. The van der Waals surface area contributed by atoms with Gasteiger partial charge in [0, 0.05) is 49.4 Å². The molecule has 0 heterocycles. The van der Waals surface area contributed by atoms with E-state index < -0.39 is 30.5 Å². The number of hydrogen-bond acceptors (Lipinski definition) is 15. The molecule has 10 atom stereocenters. The molecular weight excluding hydrogens is 825 g/mol. The van der Waals surface area contributed by atoms with Gasteiger partial charge in [-0.15, -0.1) is 0 Å². The van der Waals surface area contributed by atoms with E-state index in [9.17, 15) is 34.5 Å². The minimum absolute atomic E-state index is 0.0345. The van der Waals surface area contributed by atoms with Gasteiger partial charge in [-0.3, -0.25) is 19.2 Å². The van der Waals surface area contributed by atoms with Crippen molar-refractivity contribution in [3.8, 4) is 0 Å². The van der Waals surface area contributed by atoms with E-state index in [1.54, 1.807) is 18.2 Å². The van der Waals surface area contributed by atoms with Crippen molar-refractivity contribution in [2.45, 2.75) is 153 Å². The van der Waals surface area contributed by atoms with Gasteiger partial charge in [-0.1, -0.05) is 62.5 Å². The molecular formula is C42H71B3O12S3. The quantitative estimate of drug-likeness (QED) is 0.0288. The van der Waals surface area contributed by atoms with Gasteiger partial charge in [-0.2, -0.15) is 0 Å². The van der Waals surface area contributed by atoms with Crippen LogP contribution in [0.15, 0.2) is 48.6 Å². The Labute approximate surface area is 385 Å². The molecule has 2 aliphatic rings. The molecule has 338 valence electrons. The fourth-order valence-corrected chi connectivity index (χ4v) is 6.51. The summed E-state index contributed by atoms with van der Waals surface area (Å²) in [6, 6.07) is 0. The average molecular weight is 906 g/mol. The molecule has 0 spiro atoms. The molecule has 0 saturated heterocycles. The molecule has 12 nitrogen and oxygen atoms in total. The van der Waals surface area contributed by atoms with Crippen LogP contribution in [0.3, 0.4) is 0 Å². The number of unbranched alkanes of at least 4 members (excludes halogenated alkanes) is 2. The van der Waals surface area contributed by atoms with Crippen LogP contribution >= 0.6 is 36.2 Å². The van der Waals surface area contributed by atoms with Crippen molar-refractivity contribution >= 4 is 79.7 Å². The minimum atomic E-state index is -0.722. The number of aliphatic hydroxyl groups is 6. The molecule has 0 radical (unpaired) electrons. The molecule has 60 heavy (non-hydrogen) atoms. The molecule has 0 aliphatic heterocycles. The first-order chi connectivity index (χ1) is 31.6. The monoisotopic (exact) mass is 905 g/mol. The van der Waals surface area contributed by atoms with E-state index in [2.05, 4.69) is 50.7 Å². The molecule has 0 aromatic rings. The van der Waals surface area contributed by atoms with Crippen LogP contribution in [-0.2, 0) is 28.7 Å². The number of methoxy groups -OCH3 is 2. The van der Waals surface area contributed by atoms with Crippen molar-refractivity contribution in [1.29, 1.82) is 8.30 Å². The number of ketones is 2. The Bertz CT molecular complexity index is 1440. The maximum atomic E-state index is 12.4. The van der Waals surface area contributed by atoms with Gasteiger partial charge in [-0.25, -0.2) is 0 Å². The third-order valence-electron chi connectivity index (χ3n) is 10.1. The Balaban J connectivity index is -0.00000102. The molecule has 0 aromatic carbocycles. The van der Waals surface area contributed by atoms with Crippen LogP contribution in [-0.4, -0.2) is 133 Å². The molecule has 0 bridgehead atoms. The maximum Gasteiger partial charge on any atom is 0.305 e. The summed E-state index contributed by atoms with van der Waals surface area (Å²) in [6.07, 6.45) is 20.1. The number of Topliss-reactive ketones (excluding diaryl/α,β-unsaturated/α-hetero) is 2. The Kier molecular flexibility index (Phi) is 34.4. The predicted octanol–water partition coefficient (Wildman–Crippen LogP) is 4.62. The second kappa shape index (κ2) is 40.9. The Morgan fingerprint density at radius 1 is 0.750 bits per heavy atom. The smallest absolute Gasteiger partial charge is 0.305 e. The number of aliphatic hydroxyl groups excluding tert-OH is 6. The summed E-state index contributed by atoms with van der Waals surface area (Å²) in [7, 11) is 2.73. The fraction of sp³-hybridized carbons (Fsp3) is 0.714. The van der Waals surface area contributed by atoms with Crippen molar-refractivity contribution in [2.75, 3.05) is 14.2 Å². The number of carbonyl (C=O) groups excluding carboxylic acids is 4. The molecule has 0 aromatic heterocycles. The zero-order chi connectivity index (χ0) is 50.7. The largest absolute Gasteiger partial charge is 0.469 e. The van der Waals surface area contributed by atoms with E-state index in [1.807, 2.05) is 44.2 Å². The van der Waals surface area contributed by atoms with Gasteiger partial charge < -0.3 is 40.1 Å². The number of allylic oxidation sites excluding steroid dienone is 4. The van der Waals surface area contributed by atoms with E-state index in [-0.39, 0.29) is 66.1 Å². The number of carbonyl (C=O) groups is 4. The van der Waals surface area contributed by atoms with Crippen LogP contribution in [0.4, 0.5) is 0 Å². The SMILES string of the molecule is CCC(O)CCC(O)/C=C/C1C(C/C=C\CCCC(=O)OC)C(=O)C[C@@H]1O.[2H]B=S.[2H]B=S.[2H]B=S.[3H]OC(/C=C/C1C(C/C=C\CCCC(=O)OC)C(=O)C[C@@H]1O[3H])CCC(CC)O[3H]. The van der Waals surface area contributed by atoms with Gasteiger partial charge in [0.2, 0.25) is 4.29 Å². The van der Waals surface area contributed by atoms with Gasteiger partial charge in [-0.05, 0) is 77.0 Å². The second-order valence-electron chi connectivity index (χ2n) is 14.3. The normalized spacial score (nSPS) is 24.0. The van der Waals surface area contributed by atoms with Crippen molar-refractivity contribution in [3.05, 3.63) is 48.6 Å². The summed E-state index contributed by atoms with van der Waals surface area (Å²) >= 11 is 11.8. The topological polar surface area (TPSA) is 208 Å². The van der Waals surface area contributed by atoms with Gasteiger partial charge in [0.05, 0.1) is 50.8 Å². The van der Waals surface area contributed by atoms with Crippen LogP contribution < -0.4 is 0 Å². The molecule has 2 aliphatic carbocycles. The fourth-order valence-electron chi connectivity index (χ4n) is 6.51. The van der Waals surface area contributed by atoms with Crippen molar-refractivity contribution < 1.29 is 59.3 Å². The number of esters is 2. The Morgan fingerprint density at radius 2 is 1.18 bits per heavy atom. The molecule has 6 N–H and O–H groups in total.